The minimum atomic E-state index is -0.346. The maximum Gasteiger partial charge on any atom is 0.314 e. The Kier molecular flexibility index (Phi) is 5.43. The lowest BCUT2D eigenvalue weighted by molar-refractivity contribution is -0.146. The molecule has 0 bridgehead atoms. The summed E-state index contributed by atoms with van der Waals surface area (Å²) in [7, 11) is 0. The largest absolute Gasteiger partial charge is 0.465 e. The van der Waals surface area contributed by atoms with Gasteiger partial charge in [0.05, 0.1) is 12.5 Å². The van der Waals surface area contributed by atoms with Gasteiger partial charge in [0.1, 0.15) is 0 Å². The molecule has 1 atom stereocenters. The van der Waals surface area contributed by atoms with Gasteiger partial charge in [0.2, 0.25) is 0 Å². The Morgan fingerprint density at radius 1 is 1.64 bits per heavy atom. The van der Waals surface area contributed by atoms with Crippen molar-refractivity contribution in [3.05, 3.63) is 0 Å². The molecular weight excluding hydrogens is 142 g/mol. The maximum atomic E-state index is 11.0. The Morgan fingerprint density at radius 2 is 2.27 bits per heavy atom. The van der Waals surface area contributed by atoms with E-state index in [-0.39, 0.29) is 11.9 Å². The molecule has 1 unspecified atom stereocenters. The van der Waals surface area contributed by atoms with Crippen LogP contribution in [-0.2, 0) is 9.53 Å². The highest BCUT2D eigenvalue weighted by atomic mass is 16.5. The van der Waals surface area contributed by atoms with E-state index in [1.54, 1.807) is 0 Å². The second-order valence-corrected chi connectivity index (χ2v) is 2.35. The van der Waals surface area contributed by atoms with Gasteiger partial charge in [-0.25, -0.2) is 0 Å². The van der Waals surface area contributed by atoms with Gasteiger partial charge in [0.15, 0.2) is 0 Å². The van der Waals surface area contributed by atoms with Crippen LogP contribution in [0, 0.1) is 11.3 Å². The third kappa shape index (κ3) is 3.75. The molecule has 0 radical (unpaired) electrons. The lowest BCUT2D eigenvalue weighted by atomic mass is 10.1. The first-order chi connectivity index (χ1) is 5.26. The van der Waals surface area contributed by atoms with Gasteiger partial charge in [-0.2, -0.15) is 0 Å². The molecule has 3 nitrogen and oxygen atoms in total. The molecule has 0 heterocycles. The van der Waals surface area contributed by atoms with Crippen LogP contribution in [0.5, 0.6) is 0 Å². The van der Waals surface area contributed by atoms with Crippen molar-refractivity contribution in [1.29, 1.82) is 5.41 Å². The van der Waals surface area contributed by atoms with Gasteiger partial charge in [-0.1, -0.05) is 13.8 Å². The van der Waals surface area contributed by atoms with E-state index in [0.717, 1.165) is 12.6 Å². The fourth-order valence-electron chi connectivity index (χ4n) is 0.662. The summed E-state index contributed by atoms with van der Waals surface area (Å²) in [6.07, 6.45) is 2.62. The number of hydrogen-bond acceptors (Lipinski definition) is 3. The summed E-state index contributed by atoms with van der Waals surface area (Å²) in [5.74, 6) is -0.620. The number of ether oxygens (including phenoxy) is 1. The van der Waals surface area contributed by atoms with Crippen molar-refractivity contribution in [2.24, 2.45) is 5.92 Å². The van der Waals surface area contributed by atoms with Crippen molar-refractivity contribution in [3.8, 4) is 0 Å². The maximum absolute atomic E-state index is 11.0. The fourth-order valence-corrected chi connectivity index (χ4v) is 0.662. The molecule has 0 aromatic heterocycles. The van der Waals surface area contributed by atoms with E-state index in [9.17, 15) is 4.79 Å². The molecule has 0 saturated heterocycles. The lowest BCUT2D eigenvalue weighted by Crippen LogP contribution is -2.18. The van der Waals surface area contributed by atoms with E-state index in [1.165, 1.54) is 0 Å². The van der Waals surface area contributed by atoms with Crippen molar-refractivity contribution in [2.75, 3.05) is 6.61 Å². The standard InChI is InChI=1S/C8H15NO2/c1-3-5-11-8(10)7(4-2)6-9/h6-7,9H,3-5H2,1-2H3. The summed E-state index contributed by atoms with van der Waals surface area (Å²) in [5, 5.41) is 6.90. The van der Waals surface area contributed by atoms with Gasteiger partial charge in [-0.3, -0.25) is 4.79 Å². The van der Waals surface area contributed by atoms with Crippen LogP contribution in [-0.4, -0.2) is 18.8 Å². The van der Waals surface area contributed by atoms with E-state index >= 15 is 0 Å². The van der Waals surface area contributed by atoms with E-state index in [2.05, 4.69) is 0 Å². The average molecular weight is 157 g/mol. The van der Waals surface area contributed by atoms with Crippen LogP contribution < -0.4 is 0 Å². The summed E-state index contributed by atoms with van der Waals surface area (Å²) in [4.78, 5) is 11.0. The highest BCUT2D eigenvalue weighted by molar-refractivity contribution is 5.88. The van der Waals surface area contributed by atoms with Gasteiger partial charge in [-0.05, 0) is 12.8 Å². The van der Waals surface area contributed by atoms with E-state index in [0.29, 0.717) is 13.0 Å². The zero-order chi connectivity index (χ0) is 8.69. The quantitative estimate of drug-likeness (QED) is 0.487. The van der Waals surface area contributed by atoms with Crippen molar-refractivity contribution in [1.82, 2.24) is 0 Å². The highest BCUT2D eigenvalue weighted by Crippen LogP contribution is 2.01. The van der Waals surface area contributed by atoms with Crippen molar-refractivity contribution in [2.45, 2.75) is 26.7 Å². The SMILES string of the molecule is CCCOC(=O)C(C=N)CC. The predicted octanol–water partition coefficient (Wildman–Crippen LogP) is 1.62. The first kappa shape index (κ1) is 10.1. The minimum Gasteiger partial charge on any atom is -0.465 e. The predicted molar refractivity (Wildman–Crippen MR) is 43.8 cm³/mol. The summed E-state index contributed by atoms with van der Waals surface area (Å²) < 4.78 is 4.84. The van der Waals surface area contributed by atoms with Gasteiger partial charge in [0, 0.05) is 6.21 Å². The van der Waals surface area contributed by atoms with Gasteiger partial charge in [0.25, 0.3) is 0 Å². The molecule has 0 aliphatic heterocycles. The smallest absolute Gasteiger partial charge is 0.314 e. The van der Waals surface area contributed by atoms with Gasteiger partial charge in [-0.15, -0.1) is 0 Å². The molecule has 3 heteroatoms. The first-order valence-electron chi connectivity index (χ1n) is 3.93. The molecule has 0 aromatic rings. The molecule has 0 aliphatic carbocycles. The number of rotatable bonds is 5. The van der Waals surface area contributed by atoms with E-state index in [1.807, 2.05) is 13.8 Å². The molecule has 0 fully saturated rings. The summed E-state index contributed by atoms with van der Waals surface area (Å²) in [6, 6.07) is 0. The van der Waals surface area contributed by atoms with E-state index in [4.69, 9.17) is 10.1 Å². The molecule has 0 rings (SSSR count). The average Bonchev–Trinajstić information content (AvgIpc) is 2.03. The number of carbonyl (C=O) groups excluding carboxylic acids is 1. The Balaban J connectivity index is 3.69. The van der Waals surface area contributed by atoms with Crippen LogP contribution >= 0.6 is 0 Å². The summed E-state index contributed by atoms with van der Waals surface area (Å²) in [6.45, 7) is 4.27. The third-order valence-corrected chi connectivity index (χ3v) is 1.39. The molecule has 0 spiro atoms. The van der Waals surface area contributed by atoms with Crippen molar-refractivity contribution < 1.29 is 9.53 Å². The molecule has 0 saturated carbocycles. The van der Waals surface area contributed by atoms with Crippen molar-refractivity contribution >= 4 is 12.2 Å². The zero-order valence-electron chi connectivity index (χ0n) is 7.09. The van der Waals surface area contributed by atoms with Gasteiger partial charge < -0.3 is 10.1 Å². The molecule has 1 N–H and O–H groups in total. The topological polar surface area (TPSA) is 50.2 Å². The van der Waals surface area contributed by atoms with Crippen LogP contribution in [0.15, 0.2) is 0 Å². The number of esters is 1. The normalized spacial score (nSPS) is 12.2. The fraction of sp³-hybridized carbons (Fsp3) is 0.750. The van der Waals surface area contributed by atoms with Crippen LogP contribution in [0.1, 0.15) is 26.7 Å². The Hall–Kier alpha value is -0.860. The Bertz CT molecular complexity index is 134. The lowest BCUT2D eigenvalue weighted by Gasteiger charge is -2.07. The Morgan fingerprint density at radius 3 is 2.64 bits per heavy atom. The third-order valence-electron chi connectivity index (χ3n) is 1.39. The molecule has 0 aliphatic rings. The second kappa shape index (κ2) is 5.89. The van der Waals surface area contributed by atoms with Crippen LogP contribution in [0.3, 0.4) is 0 Å². The highest BCUT2D eigenvalue weighted by Gasteiger charge is 2.13. The Labute approximate surface area is 67.3 Å². The van der Waals surface area contributed by atoms with Crippen LogP contribution in [0.2, 0.25) is 0 Å². The molecule has 0 aromatic carbocycles. The zero-order valence-corrected chi connectivity index (χ0v) is 7.09. The molecular formula is C8H15NO2. The molecule has 11 heavy (non-hydrogen) atoms. The number of nitrogens with one attached hydrogen (secondary N) is 1. The monoisotopic (exact) mass is 157 g/mol. The summed E-state index contributed by atoms with van der Waals surface area (Å²) in [5.41, 5.74) is 0. The van der Waals surface area contributed by atoms with E-state index < -0.39 is 0 Å². The first-order valence-corrected chi connectivity index (χ1v) is 3.93. The second-order valence-electron chi connectivity index (χ2n) is 2.35. The minimum absolute atomic E-state index is 0.274. The molecule has 0 amide bonds. The number of carbonyl (C=O) groups is 1. The van der Waals surface area contributed by atoms with Crippen LogP contribution in [0.4, 0.5) is 0 Å². The van der Waals surface area contributed by atoms with Crippen molar-refractivity contribution in [3.63, 3.8) is 0 Å². The molecule has 64 valence electrons. The van der Waals surface area contributed by atoms with Crippen LogP contribution in [0.25, 0.3) is 0 Å². The summed E-state index contributed by atoms with van der Waals surface area (Å²) >= 11 is 0. The van der Waals surface area contributed by atoms with Gasteiger partial charge >= 0.3 is 5.97 Å². The number of hydrogen-bond donors (Lipinski definition) is 1.